The van der Waals surface area contributed by atoms with E-state index in [9.17, 15) is 24.0 Å². The molecule has 3 amide bonds. The molecule has 1 aliphatic heterocycles. The number of nitrogens with one attached hydrogen (secondary N) is 1. The van der Waals surface area contributed by atoms with E-state index in [1.54, 1.807) is 0 Å². The van der Waals surface area contributed by atoms with E-state index >= 15 is 0 Å². The lowest BCUT2D eigenvalue weighted by molar-refractivity contribution is -0.158. The average molecular weight is 440 g/mol. The Kier molecular flexibility index (Phi) is 9.22. The lowest BCUT2D eigenvalue weighted by Gasteiger charge is -2.42. The van der Waals surface area contributed by atoms with Crippen LogP contribution < -0.4 is 11.1 Å². The molecule has 0 spiro atoms. The van der Waals surface area contributed by atoms with Crippen LogP contribution >= 0.6 is 0 Å². The van der Waals surface area contributed by atoms with Crippen molar-refractivity contribution in [3.05, 3.63) is 0 Å². The monoisotopic (exact) mass is 440 g/mol. The molecule has 1 aliphatic carbocycles. The zero-order valence-electron chi connectivity index (χ0n) is 17.9. The Bertz CT molecular complexity index is 691. The number of rotatable bonds is 9. The summed E-state index contributed by atoms with van der Waals surface area (Å²) in [5.74, 6) is -2.36. The van der Waals surface area contributed by atoms with Crippen LogP contribution in [-0.4, -0.2) is 90.4 Å². The Labute approximate surface area is 181 Å². The average Bonchev–Trinajstić information content (AvgIpc) is 2.77. The largest absolute Gasteiger partial charge is 0.480 e. The highest BCUT2D eigenvalue weighted by Gasteiger charge is 2.40. The topological polar surface area (TPSA) is 159 Å². The van der Waals surface area contributed by atoms with Crippen molar-refractivity contribution in [2.75, 3.05) is 39.8 Å². The summed E-state index contributed by atoms with van der Waals surface area (Å²) in [7, 11) is 1.25. The summed E-state index contributed by atoms with van der Waals surface area (Å²) < 4.78 is 4.64. The van der Waals surface area contributed by atoms with Gasteiger partial charge in [-0.25, -0.2) is 0 Å². The molecular weight excluding hydrogens is 408 g/mol. The van der Waals surface area contributed by atoms with Crippen molar-refractivity contribution in [2.45, 2.75) is 44.6 Å². The lowest BCUT2D eigenvalue weighted by Crippen LogP contribution is -2.60. The van der Waals surface area contributed by atoms with E-state index < -0.39 is 30.4 Å². The number of aliphatic carboxylic acids is 1. The van der Waals surface area contributed by atoms with Crippen molar-refractivity contribution >= 4 is 29.7 Å². The van der Waals surface area contributed by atoms with Gasteiger partial charge >= 0.3 is 11.9 Å². The van der Waals surface area contributed by atoms with Crippen molar-refractivity contribution in [1.29, 1.82) is 0 Å². The van der Waals surface area contributed by atoms with Gasteiger partial charge < -0.3 is 30.7 Å². The molecule has 0 aromatic rings. The first-order valence-electron chi connectivity index (χ1n) is 10.6. The number of methoxy groups -OCH3 is 1. The maximum absolute atomic E-state index is 13.2. The molecule has 11 heteroatoms. The van der Waals surface area contributed by atoms with E-state index in [2.05, 4.69) is 10.1 Å². The van der Waals surface area contributed by atoms with E-state index in [0.29, 0.717) is 19.4 Å². The first-order chi connectivity index (χ1) is 14.8. The molecule has 1 saturated carbocycles. The Hall–Kier alpha value is -2.69. The van der Waals surface area contributed by atoms with Crippen LogP contribution in [0.2, 0.25) is 0 Å². The van der Waals surface area contributed by atoms with E-state index in [1.807, 2.05) is 0 Å². The Morgan fingerprint density at radius 3 is 2.42 bits per heavy atom. The van der Waals surface area contributed by atoms with Gasteiger partial charge in [0.05, 0.1) is 13.7 Å². The number of carboxylic acids is 1. The summed E-state index contributed by atoms with van der Waals surface area (Å²) in [6, 6.07) is -0.874. The van der Waals surface area contributed by atoms with Crippen LogP contribution in [0.15, 0.2) is 0 Å². The number of nitrogens with zero attached hydrogens (tertiary/aromatic N) is 2. The third-order valence-corrected chi connectivity index (χ3v) is 6.01. The van der Waals surface area contributed by atoms with Crippen molar-refractivity contribution < 1.29 is 33.8 Å². The molecule has 2 rings (SSSR count). The van der Waals surface area contributed by atoms with E-state index in [-0.39, 0.29) is 56.1 Å². The number of ether oxygens (including phenoxy) is 1. The summed E-state index contributed by atoms with van der Waals surface area (Å²) in [6.07, 6.45) is 2.91. The first kappa shape index (κ1) is 24.6. The maximum Gasteiger partial charge on any atom is 0.323 e. The quantitative estimate of drug-likeness (QED) is 0.383. The van der Waals surface area contributed by atoms with Crippen molar-refractivity contribution in [3.8, 4) is 0 Å². The molecule has 2 fully saturated rings. The summed E-state index contributed by atoms with van der Waals surface area (Å²) in [5.41, 5.74) is 5.29. The first-order valence-corrected chi connectivity index (χ1v) is 10.6. The number of esters is 1. The van der Waals surface area contributed by atoms with Crippen molar-refractivity contribution in [1.82, 2.24) is 15.1 Å². The zero-order valence-corrected chi connectivity index (χ0v) is 17.9. The fourth-order valence-electron chi connectivity index (χ4n) is 4.24. The predicted octanol–water partition coefficient (Wildman–Crippen LogP) is -1.06. The number of amides is 3. The van der Waals surface area contributed by atoms with Gasteiger partial charge in [-0.05, 0) is 38.0 Å². The Morgan fingerprint density at radius 1 is 1.16 bits per heavy atom. The third kappa shape index (κ3) is 6.91. The van der Waals surface area contributed by atoms with Gasteiger partial charge in [0.1, 0.15) is 12.6 Å². The highest BCUT2D eigenvalue weighted by atomic mass is 16.5. The lowest BCUT2D eigenvalue weighted by atomic mass is 9.81. The van der Waals surface area contributed by atoms with E-state index in [1.165, 1.54) is 16.9 Å². The van der Waals surface area contributed by atoms with Crippen LogP contribution in [-0.2, 0) is 28.7 Å². The molecular formula is C20H32N4O7. The van der Waals surface area contributed by atoms with Crippen molar-refractivity contribution in [3.63, 3.8) is 0 Å². The second kappa shape index (κ2) is 11.6. The molecule has 4 N–H and O–H groups in total. The maximum atomic E-state index is 13.2. The highest BCUT2D eigenvalue weighted by molar-refractivity contribution is 5.91. The molecule has 0 aromatic heterocycles. The second-order valence-electron chi connectivity index (χ2n) is 8.04. The fraction of sp³-hybridized carbons (Fsp3) is 0.750. The zero-order chi connectivity index (χ0) is 23.0. The molecule has 2 aliphatic rings. The highest BCUT2D eigenvalue weighted by Crippen LogP contribution is 2.31. The number of hydrogen-bond acceptors (Lipinski definition) is 7. The molecule has 1 heterocycles. The third-order valence-electron chi connectivity index (χ3n) is 6.01. The molecule has 1 unspecified atom stereocenters. The summed E-state index contributed by atoms with van der Waals surface area (Å²) >= 11 is 0. The van der Waals surface area contributed by atoms with Crippen LogP contribution in [0.1, 0.15) is 38.5 Å². The van der Waals surface area contributed by atoms with E-state index in [0.717, 1.165) is 12.8 Å². The molecule has 11 nitrogen and oxygen atoms in total. The SMILES string of the molecule is COC(=O)CCC1C(=O)N(CC(=O)O)CCN1C(=O)C1CCC(CNC(=O)CN)CC1. The Morgan fingerprint density at radius 2 is 1.84 bits per heavy atom. The minimum atomic E-state index is -1.13. The van der Waals surface area contributed by atoms with Gasteiger partial charge in [0.25, 0.3) is 0 Å². The van der Waals surface area contributed by atoms with Crippen molar-refractivity contribution in [2.24, 2.45) is 17.6 Å². The molecule has 174 valence electrons. The summed E-state index contributed by atoms with van der Waals surface area (Å²) in [6.45, 7) is 0.422. The minimum Gasteiger partial charge on any atom is -0.480 e. The summed E-state index contributed by atoms with van der Waals surface area (Å²) in [5, 5.41) is 11.8. The molecule has 1 saturated heterocycles. The van der Waals surface area contributed by atoms with Gasteiger partial charge in [0.2, 0.25) is 17.7 Å². The second-order valence-corrected chi connectivity index (χ2v) is 8.04. The summed E-state index contributed by atoms with van der Waals surface area (Å²) in [4.78, 5) is 62.7. The normalized spacial score (nSPS) is 23.9. The predicted molar refractivity (Wildman–Crippen MR) is 108 cm³/mol. The van der Waals surface area contributed by atoms with Crippen LogP contribution in [0.25, 0.3) is 0 Å². The van der Waals surface area contributed by atoms with Gasteiger partial charge in [-0.2, -0.15) is 0 Å². The molecule has 0 radical (unpaired) electrons. The number of carbonyl (C=O) groups excluding carboxylic acids is 4. The van der Waals surface area contributed by atoms with Gasteiger partial charge in [0, 0.05) is 32.0 Å². The van der Waals surface area contributed by atoms with Gasteiger partial charge in [0.15, 0.2) is 0 Å². The van der Waals surface area contributed by atoms with Gasteiger partial charge in [-0.1, -0.05) is 0 Å². The number of piperazine rings is 1. The fourth-order valence-corrected chi connectivity index (χ4v) is 4.24. The number of nitrogens with two attached hydrogens (primary N) is 1. The molecule has 0 bridgehead atoms. The Balaban J connectivity index is 2.00. The van der Waals surface area contributed by atoms with Crippen LogP contribution in [0.4, 0.5) is 0 Å². The van der Waals surface area contributed by atoms with Gasteiger partial charge in [-0.3, -0.25) is 24.0 Å². The smallest absolute Gasteiger partial charge is 0.323 e. The number of carbonyl (C=O) groups is 5. The molecule has 0 aromatic carbocycles. The molecule has 31 heavy (non-hydrogen) atoms. The van der Waals surface area contributed by atoms with E-state index in [4.69, 9.17) is 10.8 Å². The minimum absolute atomic E-state index is 0.0365. The standard InChI is InChI=1S/C20H32N4O7/c1-31-18(28)7-6-15-20(30)23(12-17(26)27)8-9-24(15)19(29)14-4-2-13(3-5-14)11-22-16(25)10-21/h13-15H,2-12,21H2,1H3,(H,22,25)(H,26,27). The van der Waals surface area contributed by atoms with Crippen LogP contribution in [0.5, 0.6) is 0 Å². The van der Waals surface area contributed by atoms with Crippen LogP contribution in [0, 0.1) is 11.8 Å². The number of hydrogen-bond donors (Lipinski definition) is 3. The van der Waals surface area contributed by atoms with Gasteiger partial charge in [-0.15, -0.1) is 0 Å². The number of carboxylic acid groups (broad SMARTS) is 1. The molecule has 1 atom stereocenters. The van der Waals surface area contributed by atoms with Crippen LogP contribution in [0.3, 0.4) is 0 Å².